The van der Waals surface area contributed by atoms with Crippen molar-refractivity contribution in [1.82, 2.24) is 0 Å². The fourth-order valence-electron chi connectivity index (χ4n) is 1.81. The SMILES string of the molecule is CC(C)c1cc(Cl)cc(C2(C#N)CC2)c1. The minimum atomic E-state index is -0.228. The number of rotatable bonds is 2. The van der Waals surface area contributed by atoms with E-state index in [4.69, 9.17) is 16.9 Å². The molecule has 15 heavy (non-hydrogen) atoms. The van der Waals surface area contributed by atoms with Crippen LogP contribution in [0.25, 0.3) is 0 Å². The molecule has 0 aromatic heterocycles. The number of hydrogen-bond acceptors (Lipinski definition) is 1. The Morgan fingerprint density at radius 1 is 1.33 bits per heavy atom. The van der Waals surface area contributed by atoms with Crippen LogP contribution in [0, 0.1) is 11.3 Å². The first-order valence-corrected chi connectivity index (χ1v) is 5.67. The van der Waals surface area contributed by atoms with E-state index in [1.807, 2.05) is 12.1 Å². The lowest BCUT2D eigenvalue weighted by Crippen LogP contribution is -2.03. The molecule has 1 fully saturated rings. The molecule has 1 saturated carbocycles. The molecular formula is C13H14ClN. The van der Waals surface area contributed by atoms with E-state index in [1.165, 1.54) is 5.56 Å². The van der Waals surface area contributed by atoms with Crippen molar-refractivity contribution < 1.29 is 0 Å². The second-order valence-electron chi connectivity index (χ2n) is 4.62. The molecule has 0 atom stereocenters. The minimum absolute atomic E-state index is 0.228. The van der Waals surface area contributed by atoms with Gasteiger partial charge in [-0.1, -0.05) is 31.5 Å². The van der Waals surface area contributed by atoms with Gasteiger partial charge in [-0.2, -0.15) is 5.26 Å². The van der Waals surface area contributed by atoms with Gasteiger partial charge in [-0.3, -0.25) is 0 Å². The van der Waals surface area contributed by atoms with Crippen LogP contribution in [0.5, 0.6) is 0 Å². The third-order valence-electron chi connectivity index (χ3n) is 3.10. The largest absolute Gasteiger partial charge is 0.197 e. The van der Waals surface area contributed by atoms with E-state index in [0.29, 0.717) is 5.92 Å². The Hall–Kier alpha value is -1.00. The van der Waals surface area contributed by atoms with Crippen LogP contribution in [-0.2, 0) is 5.41 Å². The second kappa shape index (κ2) is 3.54. The fourth-order valence-corrected chi connectivity index (χ4v) is 2.06. The number of benzene rings is 1. The maximum atomic E-state index is 9.14. The summed E-state index contributed by atoms with van der Waals surface area (Å²) in [5, 5.41) is 9.89. The molecule has 1 aromatic carbocycles. The smallest absolute Gasteiger partial charge is 0.0824 e. The normalized spacial score (nSPS) is 17.5. The van der Waals surface area contributed by atoms with Gasteiger partial charge in [0.05, 0.1) is 11.5 Å². The third kappa shape index (κ3) is 1.87. The summed E-state index contributed by atoms with van der Waals surface area (Å²) in [6, 6.07) is 8.46. The molecule has 1 aliphatic carbocycles. The van der Waals surface area contributed by atoms with Gasteiger partial charge in [0.25, 0.3) is 0 Å². The van der Waals surface area contributed by atoms with Crippen molar-refractivity contribution in [2.75, 3.05) is 0 Å². The molecule has 0 heterocycles. The predicted molar refractivity (Wildman–Crippen MR) is 62.1 cm³/mol. The van der Waals surface area contributed by atoms with Gasteiger partial charge < -0.3 is 0 Å². The first-order chi connectivity index (χ1) is 7.07. The highest BCUT2D eigenvalue weighted by Crippen LogP contribution is 2.48. The van der Waals surface area contributed by atoms with Crippen molar-refractivity contribution in [3.63, 3.8) is 0 Å². The highest BCUT2D eigenvalue weighted by molar-refractivity contribution is 6.30. The molecule has 1 aromatic rings. The van der Waals surface area contributed by atoms with E-state index < -0.39 is 0 Å². The van der Waals surface area contributed by atoms with Crippen molar-refractivity contribution in [3.05, 3.63) is 34.3 Å². The molecule has 0 saturated heterocycles. The average molecular weight is 220 g/mol. The Bertz CT molecular complexity index is 425. The van der Waals surface area contributed by atoms with Crippen LogP contribution in [0.15, 0.2) is 18.2 Å². The molecule has 2 rings (SSSR count). The number of halogens is 1. The Kier molecular flexibility index (Phi) is 2.48. The molecule has 0 amide bonds. The lowest BCUT2D eigenvalue weighted by molar-refractivity contribution is 0.846. The molecule has 0 spiro atoms. The van der Waals surface area contributed by atoms with E-state index in [2.05, 4.69) is 26.0 Å². The molecule has 78 valence electrons. The van der Waals surface area contributed by atoms with Gasteiger partial charge in [0.2, 0.25) is 0 Å². The molecule has 1 aliphatic rings. The van der Waals surface area contributed by atoms with Gasteiger partial charge in [-0.15, -0.1) is 0 Å². The summed E-state index contributed by atoms with van der Waals surface area (Å²) in [6.07, 6.45) is 1.95. The zero-order valence-corrected chi connectivity index (χ0v) is 9.80. The van der Waals surface area contributed by atoms with Crippen LogP contribution < -0.4 is 0 Å². The van der Waals surface area contributed by atoms with Gasteiger partial charge in [-0.25, -0.2) is 0 Å². The van der Waals surface area contributed by atoms with Crippen LogP contribution in [0.3, 0.4) is 0 Å². The lowest BCUT2D eigenvalue weighted by Gasteiger charge is -2.12. The van der Waals surface area contributed by atoms with E-state index in [1.54, 1.807) is 0 Å². The predicted octanol–water partition coefficient (Wildman–Crippen LogP) is 4.02. The lowest BCUT2D eigenvalue weighted by atomic mass is 9.93. The highest BCUT2D eigenvalue weighted by Gasteiger charge is 2.45. The summed E-state index contributed by atoms with van der Waals surface area (Å²) >= 11 is 6.08. The van der Waals surface area contributed by atoms with Crippen LogP contribution in [0.2, 0.25) is 5.02 Å². The summed E-state index contributed by atoms with van der Waals surface area (Å²) in [5.74, 6) is 0.456. The average Bonchev–Trinajstić information content (AvgIpc) is 2.97. The highest BCUT2D eigenvalue weighted by atomic mass is 35.5. The first-order valence-electron chi connectivity index (χ1n) is 5.30. The van der Waals surface area contributed by atoms with Crippen molar-refractivity contribution >= 4 is 11.6 Å². The quantitative estimate of drug-likeness (QED) is 0.737. The zero-order chi connectivity index (χ0) is 11.1. The Balaban J connectivity index is 2.46. The van der Waals surface area contributed by atoms with Crippen molar-refractivity contribution in [2.45, 2.75) is 38.0 Å². The van der Waals surface area contributed by atoms with Crippen LogP contribution in [-0.4, -0.2) is 0 Å². The van der Waals surface area contributed by atoms with Crippen LogP contribution in [0.1, 0.15) is 43.7 Å². The zero-order valence-electron chi connectivity index (χ0n) is 9.05. The molecule has 0 aliphatic heterocycles. The minimum Gasteiger partial charge on any atom is -0.197 e. The summed E-state index contributed by atoms with van der Waals surface area (Å²) in [5.41, 5.74) is 2.09. The maximum absolute atomic E-state index is 9.14. The van der Waals surface area contributed by atoms with Gasteiger partial charge >= 0.3 is 0 Å². The molecule has 0 bridgehead atoms. The number of hydrogen-bond donors (Lipinski definition) is 0. The Morgan fingerprint density at radius 2 is 2.00 bits per heavy atom. The summed E-state index contributed by atoms with van der Waals surface area (Å²) in [7, 11) is 0. The van der Waals surface area contributed by atoms with Gasteiger partial charge in [0, 0.05) is 5.02 Å². The first kappa shape index (κ1) is 10.5. The molecular weight excluding hydrogens is 206 g/mol. The van der Waals surface area contributed by atoms with E-state index in [-0.39, 0.29) is 5.41 Å². The van der Waals surface area contributed by atoms with E-state index >= 15 is 0 Å². The topological polar surface area (TPSA) is 23.8 Å². The number of nitrogens with zero attached hydrogens (tertiary/aromatic N) is 1. The molecule has 0 unspecified atom stereocenters. The number of nitriles is 1. The molecule has 0 radical (unpaired) electrons. The van der Waals surface area contributed by atoms with Gasteiger partial charge in [0.1, 0.15) is 0 Å². The molecule has 0 N–H and O–H groups in total. The third-order valence-corrected chi connectivity index (χ3v) is 3.32. The maximum Gasteiger partial charge on any atom is 0.0824 e. The van der Waals surface area contributed by atoms with Crippen molar-refractivity contribution in [1.29, 1.82) is 5.26 Å². The van der Waals surface area contributed by atoms with Crippen LogP contribution in [0.4, 0.5) is 0 Å². The van der Waals surface area contributed by atoms with Gasteiger partial charge in [-0.05, 0) is 42.0 Å². The van der Waals surface area contributed by atoms with Crippen molar-refractivity contribution in [2.24, 2.45) is 0 Å². The fraction of sp³-hybridized carbons (Fsp3) is 0.462. The van der Waals surface area contributed by atoms with E-state index in [0.717, 1.165) is 23.4 Å². The monoisotopic (exact) mass is 219 g/mol. The Labute approximate surface area is 95.7 Å². The second-order valence-corrected chi connectivity index (χ2v) is 5.06. The van der Waals surface area contributed by atoms with Crippen LogP contribution >= 0.6 is 11.6 Å². The van der Waals surface area contributed by atoms with E-state index in [9.17, 15) is 0 Å². The summed E-state index contributed by atoms with van der Waals surface area (Å²) < 4.78 is 0. The van der Waals surface area contributed by atoms with Crippen molar-refractivity contribution in [3.8, 4) is 6.07 Å². The summed E-state index contributed by atoms with van der Waals surface area (Å²) in [4.78, 5) is 0. The Morgan fingerprint density at radius 3 is 2.47 bits per heavy atom. The summed E-state index contributed by atoms with van der Waals surface area (Å²) in [6.45, 7) is 4.28. The standard InChI is InChI=1S/C13H14ClN/c1-9(2)10-5-11(7-12(14)6-10)13(8-15)3-4-13/h5-7,9H,3-4H2,1-2H3. The van der Waals surface area contributed by atoms with Gasteiger partial charge in [0.15, 0.2) is 0 Å². The molecule has 1 nitrogen and oxygen atoms in total. The molecule has 2 heteroatoms.